The van der Waals surface area contributed by atoms with Crippen LogP contribution < -0.4 is 5.32 Å². The Morgan fingerprint density at radius 2 is 1.94 bits per heavy atom. The topological polar surface area (TPSA) is 66.4 Å². The third-order valence-electron chi connectivity index (χ3n) is 2.90. The lowest BCUT2D eigenvalue weighted by atomic mass is 10.0. The molecule has 5 heteroatoms. The van der Waals surface area contributed by atoms with Gasteiger partial charge in [-0.25, -0.2) is 4.79 Å². The van der Waals surface area contributed by atoms with Crippen LogP contribution in [0.1, 0.15) is 46.5 Å². The molecule has 0 aliphatic carbocycles. The summed E-state index contributed by atoms with van der Waals surface area (Å²) in [5, 5.41) is 11.6. The van der Waals surface area contributed by atoms with E-state index >= 15 is 0 Å². The van der Waals surface area contributed by atoms with Crippen molar-refractivity contribution in [2.45, 2.75) is 33.2 Å². The third kappa shape index (κ3) is 3.56. The Bertz CT molecular complexity index is 414. The molecular formula is C12H17NO3S. The summed E-state index contributed by atoms with van der Waals surface area (Å²) in [7, 11) is 0. The maximum absolute atomic E-state index is 11.8. The van der Waals surface area contributed by atoms with Crippen molar-refractivity contribution >= 4 is 23.2 Å². The van der Waals surface area contributed by atoms with E-state index in [1.165, 1.54) is 6.07 Å². The number of amides is 1. The highest BCUT2D eigenvalue weighted by molar-refractivity contribution is 7.15. The van der Waals surface area contributed by atoms with Crippen molar-refractivity contribution in [3.63, 3.8) is 0 Å². The largest absolute Gasteiger partial charge is 0.477 e. The van der Waals surface area contributed by atoms with E-state index in [1.807, 2.05) is 6.92 Å². The predicted molar refractivity (Wildman–Crippen MR) is 67.7 cm³/mol. The smallest absolute Gasteiger partial charge is 0.345 e. The molecule has 0 aliphatic heterocycles. The van der Waals surface area contributed by atoms with Gasteiger partial charge >= 0.3 is 5.97 Å². The minimum atomic E-state index is -0.996. The van der Waals surface area contributed by atoms with Crippen LogP contribution in [0.3, 0.4) is 0 Å². The second-order valence-electron chi connectivity index (χ2n) is 4.12. The lowest BCUT2D eigenvalue weighted by Crippen LogP contribution is -2.36. The molecule has 1 rings (SSSR count). The van der Waals surface area contributed by atoms with Crippen LogP contribution in [0.15, 0.2) is 12.1 Å². The van der Waals surface area contributed by atoms with Crippen LogP contribution in [0, 0.1) is 5.92 Å². The highest BCUT2D eigenvalue weighted by atomic mass is 32.1. The van der Waals surface area contributed by atoms with Gasteiger partial charge in [0.05, 0.1) is 4.88 Å². The Balaban J connectivity index is 2.66. The fourth-order valence-electron chi connectivity index (χ4n) is 1.35. The molecular weight excluding hydrogens is 238 g/mol. The van der Waals surface area contributed by atoms with E-state index in [-0.39, 0.29) is 16.8 Å². The number of carbonyl (C=O) groups is 2. The zero-order valence-electron chi connectivity index (χ0n) is 10.2. The van der Waals surface area contributed by atoms with Gasteiger partial charge in [-0.05, 0) is 25.0 Å². The van der Waals surface area contributed by atoms with Gasteiger partial charge in [0.1, 0.15) is 4.88 Å². The van der Waals surface area contributed by atoms with E-state index in [9.17, 15) is 9.59 Å². The number of carbonyl (C=O) groups excluding carboxylic acids is 1. The van der Waals surface area contributed by atoms with Crippen LogP contribution in [-0.4, -0.2) is 23.0 Å². The molecule has 0 bridgehead atoms. The number of nitrogens with one attached hydrogen (secondary N) is 1. The molecule has 2 N–H and O–H groups in total. The first-order chi connectivity index (χ1) is 7.95. The molecule has 1 heterocycles. The Labute approximate surface area is 105 Å². The predicted octanol–water partition coefficient (Wildman–Crippen LogP) is 2.61. The first-order valence-electron chi connectivity index (χ1n) is 5.59. The van der Waals surface area contributed by atoms with Gasteiger partial charge in [-0.3, -0.25) is 4.79 Å². The first kappa shape index (κ1) is 13.7. The van der Waals surface area contributed by atoms with Gasteiger partial charge in [-0.1, -0.05) is 20.3 Å². The van der Waals surface area contributed by atoms with Crippen LogP contribution in [0.25, 0.3) is 0 Å². The minimum absolute atomic E-state index is 0.0860. The van der Waals surface area contributed by atoms with Crippen LogP contribution in [0.2, 0.25) is 0 Å². The monoisotopic (exact) mass is 255 g/mol. The summed E-state index contributed by atoms with van der Waals surface area (Å²) >= 11 is 0.999. The van der Waals surface area contributed by atoms with Crippen LogP contribution in [-0.2, 0) is 0 Å². The summed E-state index contributed by atoms with van der Waals surface area (Å²) in [5.41, 5.74) is 0. The SMILES string of the molecule is CCC(C)C(C)NC(=O)c1ccc(C(=O)O)s1. The molecule has 2 atom stereocenters. The Kier molecular flexibility index (Phi) is 4.69. The highest BCUT2D eigenvalue weighted by Crippen LogP contribution is 2.17. The van der Waals surface area contributed by atoms with Crippen LogP contribution in [0.4, 0.5) is 0 Å². The van der Waals surface area contributed by atoms with Gasteiger partial charge in [-0.2, -0.15) is 0 Å². The number of hydrogen-bond acceptors (Lipinski definition) is 3. The zero-order valence-corrected chi connectivity index (χ0v) is 11.0. The maximum atomic E-state index is 11.8. The molecule has 0 spiro atoms. The molecule has 4 nitrogen and oxygen atoms in total. The average Bonchev–Trinajstić information content (AvgIpc) is 2.77. The number of hydrogen-bond donors (Lipinski definition) is 2. The molecule has 17 heavy (non-hydrogen) atoms. The van der Waals surface area contributed by atoms with Gasteiger partial charge in [-0.15, -0.1) is 11.3 Å². The minimum Gasteiger partial charge on any atom is -0.477 e. The zero-order chi connectivity index (χ0) is 13.0. The second kappa shape index (κ2) is 5.82. The van der Waals surface area contributed by atoms with Crippen molar-refractivity contribution in [3.05, 3.63) is 21.9 Å². The molecule has 2 unspecified atom stereocenters. The molecule has 94 valence electrons. The normalized spacial score (nSPS) is 14.1. The standard InChI is InChI=1S/C12H17NO3S/c1-4-7(2)8(3)13-11(14)9-5-6-10(17-9)12(15)16/h5-8H,4H2,1-3H3,(H,13,14)(H,15,16). The van der Waals surface area contributed by atoms with Crippen molar-refractivity contribution in [2.24, 2.45) is 5.92 Å². The fourth-order valence-corrected chi connectivity index (χ4v) is 2.10. The van der Waals surface area contributed by atoms with E-state index in [0.717, 1.165) is 17.8 Å². The Hall–Kier alpha value is -1.36. The lowest BCUT2D eigenvalue weighted by molar-refractivity contribution is 0.0702. The molecule has 0 aliphatic rings. The molecule has 1 aromatic rings. The number of carboxylic acid groups (broad SMARTS) is 1. The van der Waals surface area contributed by atoms with Crippen LogP contribution >= 0.6 is 11.3 Å². The summed E-state index contributed by atoms with van der Waals surface area (Å²) in [6, 6.07) is 3.09. The second-order valence-corrected chi connectivity index (χ2v) is 5.20. The van der Waals surface area contributed by atoms with Gasteiger partial charge in [0, 0.05) is 6.04 Å². The lowest BCUT2D eigenvalue weighted by Gasteiger charge is -2.19. The van der Waals surface area contributed by atoms with Crippen molar-refractivity contribution in [3.8, 4) is 0 Å². The summed E-state index contributed by atoms with van der Waals surface area (Å²) in [6.07, 6.45) is 0.992. The van der Waals surface area contributed by atoms with E-state index < -0.39 is 5.97 Å². The summed E-state index contributed by atoms with van der Waals surface area (Å²) in [5.74, 6) is -0.794. The number of rotatable bonds is 5. The maximum Gasteiger partial charge on any atom is 0.345 e. The van der Waals surface area contributed by atoms with E-state index in [4.69, 9.17) is 5.11 Å². The number of aromatic carboxylic acids is 1. The molecule has 0 aromatic carbocycles. The van der Waals surface area contributed by atoms with E-state index in [0.29, 0.717) is 10.8 Å². The van der Waals surface area contributed by atoms with E-state index in [2.05, 4.69) is 19.2 Å². The first-order valence-corrected chi connectivity index (χ1v) is 6.41. The molecule has 0 radical (unpaired) electrons. The number of carboxylic acids is 1. The molecule has 0 fully saturated rings. The van der Waals surface area contributed by atoms with Crippen molar-refractivity contribution in [2.75, 3.05) is 0 Å². The summed E-state index contributed by atoms with van der Waals surface area (Å²) in [6.45, 7) is 6.10. The van der Waals surface area contributed by atoms with Gasteiger partial charge in [0.15, 0.2) is 0 Å². The van der Waals surface area contributed by atoms with Crippen LogP contribution in [0.5, 0.6) is 0 Å². The molecule has 1 aromatic heterocycles. The van der Waals surface area contributed by atoms with Gasteiger partial charge < -0.3 is 10.4 Å². The van der Waals surface area contributed by atoms with Crippen molar-refractivity contribution in [1.29, 1.82) is 0 Å². The van der Waals surface area contributed by atoms with Crippen molar-refractivity contribution < 1.29 is 14.7 Å². The highest BCUT2D eigenvalue weighted by Gasteiger charge is 2.17. The quantitative estimate of drug-likeness (QED) is 0.850. The average molecular weight is 255 g/mol. The Morgan fingerprint density at radius 1 is 1.35 bits per heavy atom. The summed E-state index contributed by atoms with van der Waals surface area (Å²) in [4.78, 5) is 23.1. The molecule has 1 amide bonds. The summed E-state index contributed by atoms with van der Waals surface area (Å²) < 4.78 is 0. The van der Waals surface area contributed by atoms with E-state index in [1.54, 1.807) is 6.07 Å². The van der Waals surface area contributed by atoms with Gasteiger partial charge in [0.2, 0.25) is 0 Å². The molecule has 0 saturated heterocycles. The number of thiophene rings is 1. The molecule has 0 saturated carbocycles. The van der Waals surface area contributed by atoms with Gasteiger partial charge in [0.25, 0.3) is 5.91 Å². The fraction of sp³-hybridized carbons (Fsp3) is 0.500. The Morgan fingerprint density at radius 3 is 2.41 bits per heavy atom. The van der Waals surface area contributed by atoms with Crippen molar-refractivity contribution in [1.82, 2.24) is 5.32 Å². The third-order valence-corrected chi connectivity index (χ3v) is 3.97.